The molecule has 1 amide bonds. The summed E-state index contributed by atoms with van der Waals surface area (Å²) in [5.41, 5.74) is -3.05. The molecule has 35 heavy (non-hydrogen) atoms. The predicted octanol–water partition coefficient (Wildman–Crippen LogP) is 5.35. The van der Waals surface area contributed by atoms with Crippen LogP contribution in [0, 0.1) is 6.92 Å². The van der Waals surface area contributed by atoms with E-state index in [2.05, 4.69) is 10.5 Å². The first-order valence-electron chi connectivity index (χ1n) is 9.60. The number of alkyl halides is 6. The number of benzene rings is 1. The maximum atomic E-state index is 14.1. The van der Waals surface area contributed by atoms with Crippen molar-refractivity contribution in [2.45, 2.75) is 37.5 Å². The maximum Gasteiger partial charge on any atom is 0.435 e. The zero-order valence-electron chi connectivity index (χ0n) is 17.5. The van der Waals surface area contributed by atoms with Crippen molar-refractivity contribution in [2.75, 3.05) is 6.54 Å². The quantitative estimate of drug-likeness (QED) is 0.271. The molecule has 2 aromatic rings. The Morgan fingerprint density at radius 1 is 1.20 bits per heavy atom. The van der Waals surface area contributed by atoms with Gasteiger partial charge < -0.3 is 10.2 Å². The van der Waals surface area contributed by atoms with E-state index in [1.165, 1.54) is 19.1 Å². The smallest absolute Gasteiger partial charge is 0.374 e. The molecule has 2 heterocycles. The molecular weight excluding hydrogens is 547 g/mol. The number of hydrogen-bond acceptors (Lipinski definition) is 6. The van der Waals surface area contributed by atoms with E-state index >= 15 is 0 Å². The highest BCUT2D eigenvalue weighted by atomic mass is 35.5. The summed E-state index contributed by atoms with van der Waals surface area (Å²) < 4.78 is 79.5. The molecule has 2 N–H and O–H groups in total. The Morgan fingerprint density at radius 3 is 2.37 bits per heavy atom. The number of nitrogens with one attached hydrogen (secondary N) is 2. The molecule has 1 aliphatic heterocycles. The van der Waals surface area contributed by atoms with Crippen LogP contribution >= 0.6 is 34.5 Å². The van der Waals surface area contributed by atoms with E-state index in [0.29, 0.717) is 5.56 Å². The van der Waals surface area contributed by atoms with Crippen molar-refractivity contribution < 1.29 is 40.8 Å². The Bertz CT molecular complexity index is 1150. The second-order valence-corrected chi connectivity index (χ2v) is 9.42. The third-order valence-electron chi connectivity index (χ3n) is 4.87. The minimum Gasteiger partial charge on any atom is -0.374 e. The molecule has 6 nitrogen and oxygen atoms in total. The molecule has 1 aliphatic rings. The predicted molar refractivity (Wildman–Crippen MR) is 117 cm³/mol. The van der Waals surface area contributed by atoms with Crippen LogP contribution in [0.4, 0.5) is 26.3 Å². The second-order valence-electron chi connectivity index (χ2n) is 7.50. The normalized spacial score (nSPS) is 19.2. The third kappa shape index (κ3) is 6.08. The van der Waals surface area contributed by atoms with Gasteiger partial charge >= 0.3 is 12.4 Å². The summed E-state index contributed by atoms with van der Waals surface area (Å²) in [6, 6.07) is 4.77. The minimum atomic E-state index is -4.92. The van der Waals surface area contributed by atoms with Gasteiger partial charge in [0.15, 0.2) is 6.29 Å². The number of oxime groups is 1. The van der Waals surface area contributed by atoms with E-state index in [1.807, 2.05) is 5.32 Å². The molecule has 1 aromatic heterocycles. The van der Waals surface area contributed by atoms with Gasteiger partial charge in [0.25, 0.3) is 11.5 Å². The van der Waals surface area contributed by atoms with Crippen LogP contribution in [0.5, 0.6) is 0 Å². The Morgan fingerprint density at radius 2 is 1.83 bits per heavy atom. The number of amides is 1. The number of carbonyl (C=O) groups excluding carboxylic acids is 2. The lowest BCUT2D eigenvalue weighted by Gasteiger charge is -2.29. The Kier molecular flexibility index (Phi) is 7.75. The van der Waals surface area contributed by atoms with Crippen molar-refractivity contribution in [1.29, 1.82) is 0 Å². The van der Waals surface area contributed by atoms with Crippen LogP contribution < -0.4 is 10.6 Å². The number of hydrogen-bond donors (Lipinski definition) is 2. The van der Waals surface area contributed by atoms with Crippen LogP contribution in [0.1, 0.15) is 32.1 Å². The van der Waals surface area contributed by atoms with E-state index in [9.17, 15) is 35.9 Å². The molecule has 0 saturated heterocycles. The van der Waals surface area contributed by atoms with Crippen molar-refractivity contribution in [1.82, 2.24) is 10.6 Å². The molecule has 0 saturated carbocycles. The van der Waals surface area contributed by atoms with E-state index in [4.69, 9.17) is 28.0 Å². The Balaban J connectivity index is 1.83. The Hall–Kier alpha value is -2.35. The zero-order chi connectivity index (χ0) is 26.2. The highest BCUT2D eigenvalue weighted by Gasteiger charge is 2.62. The SMILES string of the molecule is Cc1cc(C2=NOC(c3cc(Cl)cc(Cl)c3)(C(F)(F)F)C2)sc1C(=O)NC(C=O)NCC(F)(F)F. The van der Waals surface area contributed by atoms with Gasteiger partial charge in [-0.1, -0.05) is 28.4 Å². The Labute approximate surface area is 208 Å². The summed E-state index contributed by atoms with van der Waals surface area (Å²) in [5.74, 6) is -0.895. The molecular formula is C20H15Cl2F6N3O3S. The summed E-state index contributed by atoms with van der Waals surface area (Å²) in [6.07, 6.45) is -11.8. The van der Waals surface area contributed by atoms with Crippen LogP contribution in [-0.4, -0.2) is 43.0 Å². The average molecular weight is 562 g/mol. The van der Waals surface area contributed by atoms with Gasteiger partial charge in [-0.2, -0.15) is 26.3 Å². The van der Waals surface area contributed by atoms with Gasteiger partial charge in [-0.15, -0.1) is 11.3 Å². The monoisotopic (exact) mass is 561 g/mol. The van der Waals surface area contributed by atoms with Gasteiger partial charge in [0.1, 0.15) is 11.9 Å². The van der Waals surface area contributed by atoms with E-state index in [1.54, 1.807) is 0 Å². The number of aldehydes is 1. The highest BCUT2D eigenvalue weighted by Crippen LogP contribution is 2.50. The lowest BCUT2D eigenvalue weighted by molar-refractivity contribution is -0.275. The van der Waals surface area contributed by atoms with Gasteiger partial charge in [0.2, 0.25) is 0 Å². The molecule has 0 spiro atoms. The molecule has 190 valence electrons. The summed E-state index contributed by atoms with van der Waals surface area (Å²) >= 11 is 12.5. The largest absolute Gasteiger partial charge is 0.435 e. The van der Waals surface area contributed by atoms with Crippen molar-refractivity contribution in [2.24, 2.45) is 5.16 Å². The third-order valence-corrected chi connectivity index (χ3v) is 6.59. The van der Waals surface area contributed by atoms with E-state index in [-0.39, 0.29) is 37.4 Å². The summed E-state index contributed by atoms with van der Waals surface area (Å²) in [7, 11) is 0. The lowest BCUT2D eigenvalue weighted by Crippen LogP contribution is -2.49. The summed E-state index contributed by atoms with van der Waals surface area (Å²) in [6.45, 7) is -0.0510. The first kappa shape index (κ1) is 27.2. The fourth-order valence-corrected chi connectivity index (χ4v) is 4.82. The number of halogens is 8. The topological polar surface area (TPSA) is 79.8 Å². The standard InChI is InChI=1S/C20H15Cl2F6N3O3S/c1-9-2-14(35-16(9)17(33)30-15(7-32)29-8-19(23,24)25)13-6-18(34-31-13,20(26,27)28)10-3-11(21)5-12(22)4-10/h2-5,7,15,29H,6,8H2,1H3,(H,30,33). The van der Waals surface area contributed by atoms with Crippen molar-refractivity contribution in [3.8, 4) is 0 Å². The van der Waals surface area contributed by atoms with Crippen molar-refractivity contribution in [3.05, 3.63) is 55.2 Å². The van der Waals surface area contributed by atoms with Gasteiger partial charge in [-0.3, -0.25) is 14.9 Å². The van der Waals surface area contributed by atoms with Gasteiger partial charge in [0, 0.05) is 15.6 Å². The van der Waals surface area contributed by atoms with E-state index < -0.39 is 43.0 Å². The molecule has 15 heteroatoms. The van der Waals surface area contributed by atoms with Crippen LogP contribution in [0.2, 0.25) is 10.0 Å². The number of carbonyl (C=O) groups is 2. The first-order valence-corrected chi connectivity index (χ1v) is 11.2. The van der Waals surface area contributed by atoms with Crippen LogP contribution in [0.15, 0.2) is 29.4 Å². The van der Waals surface area contributed by atoms with Gasteiger partial charge in [-0.25, -0.2) is 0 Å². The fraction of sp³-hybridized carbons (Fsp3) is 0.350. The second kappa shape index (κ2) is 9.96. The average Bonchev–Trinajstić information content (AvgIpc) is 3.34. The first-order chi connectivity index (χ1) is 16.1. The maximum absolute atomic E-state index is 14.1. The van der Waals surface area contributed by atoms with Crippen LogP contribution in [-0.2, 0) is 15.2 Å². The van der Waals surface area contributed by atoms with Crippen LogP contribution in [0.25, 0.3) is 0 Å². The number of thiophene rings is 1. The van der Waals surface area contributed by atoms with Crippen molar-refractivity contribution in [3.63, 3.8) is 0 Å². The number of rotatable bonds is 7. The van der Waals surface area contributed by atoms with E-state index in [0.717, 1.165) is 23.5 Å². The molecule has 0 radical (unpaired) electrons. The minimum absolute atomic E-state index is 0.0290. The summed E-state index contributed by atoms with van der Waals surface area (Å²) in [4.78, 5) is 28.6. The van der Waals surface area contributed by atoms with Gasteiger partial charge in [-0.05, 0) is 36.8 Å². The van der Waals surface area contributed by atoms with Crippen molar-refractivity contribution >= 4 is 52.4 Å². The number of aryl methyl sites for hydroxylation is 1. The molecule has 2 atom stereocenters. The number of nitrogens with zero attached hydrogens (tertiary/aromatic N) is 1. The van der Waals surface area contributed by atoms with Crippen LogP contribution in [0.3, 0.4) is 0 Å². The van der Waals surface area contributed by atoms with Gasteiger partial charge in [0.05, 0.1) is 22.7 Å². The lowest BCUT2D eigenvalue weighted by atomic mass is 9.88. The molecule has 0 aliphatic carbocycles. The molecule has 1 aromatic carbocycles. The molecule has 0 fully saturated rings. The molecule has 0 bridgehead atoms. The summed E-state index contributed by atoms with van der Waals surface area (Å²) in [5, 5.41) is 7.45. The molecule has 2 unspecified atom stereocenters. The highest BCUT2D eigenvalue weighted by molar-refractivity contribution is 7.16. The fourth-order valence-electron chi connectivity index (χ4n) is 3.24. The molecule has 3 rings (SSSR count). The zero-order valence-corrected chi connectivity index (χ0v) is 19.8.